The van der Waals surface area contributed by atoms with Crippen molar-refractivity contribution in [1.29, 1.82) is 0 Å². The zero-order valence-corrected chi connectivity index (χ0v) is 43.0. The molecule has 2 aliphatic heterocycles. The quantitative estimate of drug-likeness (QED) is 0.0836. The van der Waals surface area contributed by atoms with E-state index >= 15 is 0 Å². The minimum atomic E-state index is -5.17. The Balaban J connectivity index is 0.999. The topological polar surface area (TPSA) is 267 Å². The summed E-state index contributed by atoms with van der Waals surface area (Å²) in [6, 6.07) is 32.9. The van der Waals surface area contributed by atoms with Gasteiger partial charge in [-0.1, -0.05) is 55.1 Å². The van der Waals surface area contributed by atoms with E-state index in [0.717, 1.165) is 47.8 Å². The van der Waals surface area contributed by atoms with Crippen molar-refractivity contribution in [3.8, 4) is 11.5 Å². The number of methoxy groups -OCH3 is 2. The Bertz CT molecular complexity index is 3370. The molecule has 0 radical (unpaired) electrons. The second-order valence-electron chi connectivity index (χ2n) is 16.9. The Hall–Kier alpha value is -7.16. The molecule has 0 bridgehead atoms. The first-order chi connectivity index (χ1) is 35.1. The maximum Gasteiger partial charge on any atom is 0.295 e. The number of rotatable bonds is 16. The number of amides is 2. The van der Waals surface area contributed by atoms with E-state index in [-0.39, 0.29) is 86.7 Å². The maximum absolute atomic E-state index is 14.0. The summed E-state index contributed by atoms with van der Waals surface area (Å²) in [6.45, 7) is 6.08. The number of para-hydroxylation sites is 2. The first-order valence-corrected chi connectivity index (χ1v) is 28.4. The molecule has 4 N–H and O–H groups in total. The Morgan fingerprint density at radius 2 is 0.824 bits per heavy atom. The van der Waals surface area contributed by atoms with Gasteiger partial charge in [0.1, 0.15) is 31.1 Å². The van der Waals surface area contributed by atoms with Crippen LogP contribution in [0.25, 0.3) is 5.57 Å². The summed E-state index contributed by atoms with van der Waals surface area (Å²) in [4.78, 5) is 29.2. The van der Waals surface area contributed by atoms with Gasteiger partial charge in [-0.15, -0.1) is 0 Å². The molecule has 0 spiro atoms. The highest BCUT2D eigenvalue weighted by atomic mass is 32.2. The van der Waals surface area contributed by atoms with E-state index in [4.69, 9.17) is 9.47 Å². The monoisotopic (exact) mass is 1090 g/mol. The highest BCUT2D eigenvalue weighted by molar-refractivity contribution is 7.89. The van der Waals surface area contributed by atoms with Crippen molar-refractivity contribution in [3.05, 3.63) is 162 Å². The molecule has 74 heavy (non-hydrogen) atoms. The molecule has 0 aromatic heterocycles. The normalized spacial score (nSPS) is 15.0. The van der Waals surface area contributed by atoms with Crippen molar-refractivity contribution in [3.63, 3.8) is 0 Å². The molecule has 2 saturated heterocycles. The molecule has 6 aromatic rings. The number of ether oxygens (including phenoxy) is 2. The fourth-order valence-corrected chi connectivity index (χ4v) is 13.3. The predicted octanol–water partition coefficient (Wildman–Crippen LogP) is 5.79. The van der Waals surface area contributed by atoms with Crippen LogP contribution in [0.4, 0.5) is 22.7 Å². The van der Waals surface area contributed by atoms with Crippen molar-refractivity contribution < 1.29 is 61.8 Å². The van der Waals surface area contributed by atoms with Crippen LogP contribution in [0.3, 0.4) is 0 Å². The lowest BCUT2D eigenvalue weighted by Crippen LogP contribution is -2.48. The highest BCUT2D eigenvalue weighted by Crippen LogP contribution is 2.36. The van der Waals surface area contributed by atoms with E-state index in [9.17, 15) is 52.4 Å². The van der Waals surface area contributed by atoms with E-state index in [0.29, 0.717) is 26.2 Å². The van der Waals surface area contributed by atoms with Gasteiger partial charge >= 0.3 is 0 Å². The number of nitrogens with zero attached hydrogens (tertiary/aromatic N) is 4. The van der Waals surface area contributed by atoms with Crippen molar-refractivity contribution in [2.45, 2.75) is 19.6 Å². The Morgan fingerprint density at radius 3 is 1.15 bits per heavy atom. The van der Waals surface area contributed by atoms with Gasteiger partial charge in [-0.05, 0) is 90.5 Å². The number of anilines is 4. The summed E-state index contributed by atoms with van der Waals surface area (Å²) >= 11 is 0. The van der Waals surface area contributed by atoms with E-state index in [1.165, 1.54) is 59.2 Å². The molecule has 0 unspecified atom stereocenters. The molecular formula is C50H50N6O14S4. The third-order valence-electron chi connectivity index (χ3n) is 12.5. The van der Waals surface area contributed by atoms with E-state index in [1.54, 1.807) is 0 Å². The first-order valence-electron chi connectivity index (χ1n) is 22.6. The lowest BCUT2D eigenvalue weighted by atomic mass is 9.98. The van der Waals surface area contributed by atoms with Gasteiger partial charge < -0.3 is 29.9 Å². The summed E-state index contributed by atoms with van der Waals surface area (Å²) in [7, 11) is -16.1. The summed E-state index contributed by atoms with van der Waals surface area (Å²) in [5.41, 5.74) is 0.158. The molecule has 0 saturated carbocycles. The minimum Gasteiger partial charge on any atom is -0.495 e. The Labute approximate surface area is 429 Å². The molecular weight excluding hydrogens is 1040 g/mol. The van der Waals surface area contributed by atoms with Crippen LogP contribution in [-0.4, -0.2) is 130 Å². The summed E-state index contributed by atoms with van der Waals surface area (Å²) in [5.74, 6) is -1.79. The SMILES string of the molecule is C=C(c1ccc(NC(=O)c2ccc(OC)c(S(=O)(=O)N3CCN(c4ccccc4)CC3)c2)cc1S(=O)(=O)O)c1ccc(NC(=O)c2ccc(OC)c(S(=O)(=O)N3CCN(c4ccccc4)CC3)c2)cc1S(=O)(=O)O. The molecule has 2 aliphatic rings. The second-order valence-corrected chi connectivity index (χ2v) is 23.5. The standard InChI is InChI=1S/C50H50N6O14S4/c1-34(41-18-16-37(32-45(41)73(63,64)65)51-49(57)35-14-20-43(69-2)47(30-35)71(59,60)55-26-22-53(23-27-55)39-10-6-4-7-11-39)42-19-17-38(33-46(42)74(66,67)68)52-50(58)36-15-21-44(70-3)48(31-36)72(61,62)56-28-24-54(25-29-56)40-12-8-5-9-13-40/h4-21,30-33H,1,22-29H2,2-3H3,(H,51,57)(H,52,58)(H,63,64,65)(H,66,67,68). The molecule has 388 valence electrons. The van der Waals surface area contributed by atoms with Gasteiger partial charge in [0.2, 0.25) is 20.0 Å². The fraction of sp³-hybridized carbons (Fsp3) is 0.200. The number of hydrogen-bond acceptors (Lipinski definition) is 14. The summed E-state index contributed by atoms with van der Waals surface area (Å²) < 4.78 is 142. The van der Waals surface area contributed by atoms with Crippen LogP contribution in [0.5, 0.6) is 11.5 Å². The average molecular weight is 1090 g/mol. The van der Waals surface area contributed by atoms with Crippen molar-refractivity contribution in [1.82, 2.24) is 8.61 Å². The second kappa shape index (κ2) is 21.4. The summed E-state index contributed by atoms with van der Waals surface area (Å²) in [6.07, 6.45) is 0. The van der Waals surface area contributed by atoms with Crippen molar-refractivity contribution in [2.24, 2.45) is 0 Å². The van der Waals surface area contributed by atoms with Gasteiger partial charge in [0.25, 0.3) is 32.1 Å². The molecule has 0 aliphatic carbocycles. The van der Waals surface area contributed by atoms with Crippen LogP contribution in [0.1, 0.15) is 31.8 Å². The Kier molecular flexibility index (Phi) is 15.3. The number of nitrogens with one attached hydrogen (secondary N) is 2. The van der Waals surface area contributed by atoms with E-state index in [2.05, 4.69) is 27.0 Å². The lowest BCUT2D eigenvalue weighted by molar-refractivity contribution is 0.101. The molecule has 2 heterocycles. The zero-order chi connectivity index (χ0) is 53.2. The van der Waals surface area contributed by atoms with E-state index < -0.39 is 61.9 Å². The van der Waals surface area contributed by atoms with Gasteiger partial charge in [-0.2, -0.15) is 25.4 Å². The fourth-order valence-electron chi connectivity index (χ4n) is 8.65. The number of sulfonamides is 2. The first kappa shape index (κ1) is 53.1. The zero-order valence-electron chi connectivity index (χ0n) is 39.8. The molecule has 2 fully saturated rings. The Morgan fingerprint density at radius 1 is 0.473 bits per heavy atom. The lowest BCUT2D eigenvalue weighted by Gasteiger charge is -2.35. The number of carbonyl (C=O) groups is 2. The van der Waals surface area contributed by atoms with Gasteiger partial charge in [0.05, 0.1) is 14.2 Å². The van der Waals surface area contributed by atoms with Crippen LogP contribution in [0.15, 0.2) is 160 Å². The minimum absolute atomic E-state index is 0.0212. The number of benzene rings is 6. The number of piperazine rings is 2. The van der Waals surface area contributed by atoms with Crippen LogP contribution in [-0.2, 0) is 40.3 Å². The summed E-state index contributed by atoms with van der Waals surface area (Å²) in [5, 5.41) is 4.98. The van der Waals surface area contributed by atoms with Crippen molar-refractivity contribution in [2.75, 3.05) is 87.0 Å². The maximum atomic E-state index is 14.0. The van der Waals surface area contributed by atoms with Crippen molar-refractivity contribution >= 4 is 80.4 Å². The third kappa shape index (κ3) is 11.3. The van der Waals surface area contributed by atoms with Gasteiger partial charge in [-0.25, -0.2) is 16.8 Å². The number of carbonyl (C=O) groups excluding carboxylic acids is 2. The van der Waals surface area contributed by atoms with Gasteiger partial charge in [-0.3, -0.25) is 18.7 Å². The van der Waals surface area contributed by atoms with Crippen LogP contribution in [0.2, 0.25) is 0 Å². The molecule has 6 aromatic carbocycles. The van der Waals surface area contributed by atoms with E-state index in [1.807, 2.05) is 60.7 Å². The largest absolute Gasteiger partial charge is 0.495 e. The average Bonchev–Trinajstić information content (AvgIpc) is 3.40. The molecule has 20 nitrogen and oxygen atoms in total. The predicted molar refractivity (Wildman–Crippen MR) is 277 cm³/mol. The van der Waals surface area contributed by atoms with Crippen LogP contribution >= 0.6 is 0 Å². The molecule has 0 atom stereocenters. The van der Waals surface area contributed by atoms with Gasteiger partial charge in [0.15, 0.2) is 0 Å². The van der Waals surface area contributed by atoms with Crippen LogP contribution < -0.4 is 29.9 Å². The highest BCUT2D eigenvalue weighted by Gasteiger charge is 2.34. The van der Waals surface area contributed by atoms with Gasteiger partial charge in [0, 0.05) is 97.4 Å². The number of hydrogen-bond donors (Lipinski definition) is 4. The smallest absolute Gasteiger partial charge is 0.295 e. The van der Waals surface area contributed by atoms with Crippen LogP contribution in [0, 0.1) is 0 Å². The molecule has 24 heteroatoms. The molecule has 2 amide bonds. The molecule has 8 rings (SSSR count). The third-order valence-corrected chi connectivity index (χ3v) is 18.1.